The monoisotopic (exact) mass is 182 g/mol. The van der Waals surface area contributed by atoms with E-state index in [-0.39, 0.29) is 0 Å². The molecule has 0 amide bonds. The van der Waals surface area contributed by atoms with Crippen LogP contribution in [0.25, 0.3) is 0 Å². The molecular weight excluding hydrogens is 168 g/mol. The lowest BCUT2D eigenvalue weighted by Crippen LogP contribution is -2.08. The number of hydrogen-bond acceptors (Lipinski definition) is 4. The minimum Gasteiger partial charge on any atom is -0.462 e. The van der Waals surface area contributed by atoms with Crippen molar-refractivity contribution in [2.24, 2.45) is 9.98 Å². The first-order valence-corrected chi connectivity index (χ1v) is 4.09. The summed E-state index contributed by atoms with van der Waals surface area (Å²) in [6, 6.07) is 0. The number of ether oxygens (including phenoxy) is 1. The molecule has 0 aliphatic carbocycles. The van der Waals surface area contributed by atoms with Crippen molar-refractivity contribution in [1.29, 1.82) is 0 Å². The molecule has 0 rings (SSSR count). The van der Waals surface area contributed by atoms with Gasteiger partial charge in [-0.05, 0) is 20.6 Å². The van der Waals surface area contributed by atoms with Crippen molar-refractivity contribution in [2.45, 2.75) is 13.8 Å². The normalized spacial score (nSPS) is 11.7. The van der Waals surface area contributed by atoms with E-state index < -0.39 is 5.97 Å². The average Bonchev–Trinajstić information content (AvgIpc) is 2.12. The summed E-state index contributed by atoms with van der Waals surface area (Å²) in [7, 11) is 0. The maximum absolute atomic E-state index is 11.2. The molecule has 0 fully saturated rings. The molecule has 0 bridgehead atoms. The lowest BCUT2D eigenvalue weighted by atomic mass is 10.3. The van der Waals surface area contributed by atoms with Crippen LogP contribution in [0.1, 0.15) is 13.8 Å². The van der Waals surface area contributed by atoms with Crippen LogP contribution < -0.4 is 0 Å². The van der Waals surface area contributed by atoms with Gasteiger partial charge in [-0.3, -0.25) is 9.98 Å². The third-order valence-corrected chi connectivity index (χ3v) is 1.15. The summed E-state index contributed by atoms with van der Waals surface area (Å²) < 4.78 is 4.77. The fourth-order valence-corrected chi connectivity index (χ4v) is 0.641. The van der Waals surface area contributed by atoms with Crippen molar-refractivity contribution in [3.63, 3.8) is 0 Å². The van der Waals surface area contributed by atoms with E-state index in [2.05, 4.69) is 16.7 Å². The molecule has 0 radical (unpaired) electrons. The summed E-state index contributed by atoms with van der Waals surface area (Å²) in [5.41, 5.74) is 0.318. The van der Waals surface area contributed by atoms with Gasteiger partial charge in [-0.15, -0.1) is 0 Å². The third-order valence-electron chi connectivity index (χ3n) is 1.15. The summed E-state index contributed by atoms with van der Waals surface area (Å²) in [6.45, 7) is 7.83. The van der Waals surface area contributed by atoms with Gasteiger partial charge in [0.15, 0.2) is 0 Å². The third kappa shape index (κ3) is 4.90. The summed E-state index contributed by atoms with van der Waals surface area (Å²) in [5.74, 6) is -0.424. The van der Waals surface area contributed by atoms with Crippen LogP contribution in [0.2, 0.25) is 0 Å². The Morgan fingerprint density at radius 1 is 1.54 bits per heavy atom. The molecule has 13 heavy (non-hydrogen) atoms. The Morgan fingerprint density at radius 2 is 2.23 bits per heavy atom. The van der Waals surface area contributed by atoms with Crippen molar-refractivity contribution in [1.82, 2.24) is 0 Å². The molecule has 0 saturated carbocycles. The second kappa shape index (κ2) is 7.21. The van der Waals surface area contributed by atoms with Crippen LogP contribution in [0.4, 0.5) is 0 Å². The van der Waals surface area contributed by atoms with Gasteiger partial charge in [0, 0.05) is 19.0 Å². The number of aliphatic imine (C=N–C) groups is 2. The minimum atomic E-state index is -0.424. The van der Waals surface area contributed by atoms with Crippen molar-refractivity contribution in [2.75, 3.05) is 13.2 Å². The fraction of sp³-hybridized carbons (Fsp3) is 0.444. The van der Waals surface area contributed by atoms with E-state index in [0.29, 0.717) is 18.7 Å². The van der Waals surface area contributed by atoms with Gasteiger partial charge in [-0.2, -0.15) is 0 Å². The van der Waals surface area contributed by atoms with Gasteiger partial charge >= 0.3 is 5.97 Å². The number of hydrogen-bond donors (Lipinski definition) is 0. The standard InChI is InChI=1S/C9H14N2O2/c1-4-11-7-8(6-10-3)9(12)13-5-2/h6-7H,3-5H2,1-2H3/b8-6+,11-7?. The Bertz CT molecular complexity index is 232. The summed E-state index contributed by atoms with van der Waals surface area (Å²) in [5, 5.41) is 0. The van der Waals surface area contributed by atoms with E-state index in [1.165, 1.54) is 12.4 Å². The smallest absolute Gasteiger partial charge is 0.341 e. The molecule has 0 spiro atoms. The number of carbonyl (C=O) groups is 1. The SMILES string of the molecule is C=N/C=C(\C=NCC)C(=O)OCC. The lowest BCUT2D eigenvalue weighted by Gasteiger charge is -1.99. The second-order valence-corrected chi connectivity index (χ2v) is 2.12. The minimum absolute atomic E-state index is 0.318. The van der Waals surface area contributed by atoms with Crippen molar-refractivity contribution >= 4 is 18.9 Å². The Balaban J connectivity index is 4.42. The molecule has 72 valence electrons. The van der Waals surface area contributed by atoms with Gasteiger partial charge in [-0.25, -0.2) is 4.79 Å². The van der Waals surface area contributed by atoms with Crippen molar-refractivity contribution in [3.05, 3.63) is 11.8 Å². The predicted molar refractivity (Wildman–Crippen MR) is 53.3 cm³/mol. The molecule has 4 heteroatoms. The molecule has 0 unspecified atom stereocenters. The maximum atomic E-state index is 11.2. The van der Waals surface area contributed by atoms with E-state index in [1.807, 2.05) is 6.92 Å². The highest BCUT2D eigenvalue weighted by molar-refractivity contribution is 6.09. The Hall–Kier alpha value is -1.45. The van der Waals surface area contributed by atoms with Crippen LogP contribution in [0.15, 0.2) is 21.8 Å². The molecule has 0 aromatic carbocycles. The number of carbonyl (C=O) groups excluding carboxylic acids is 1. The highest BCUT2D eigenvalue weighted by Gasteiger charge is 2.06. The van der Waals surface area contributed by atoms with Gasteiger partial charge in [0.2, 0.25) is 0 Å². The molecule has 0 N–H and O–H groups in total. The molecular formula is C9H14N2O2. The van der Waals surface area contributed by atoms with E-state index in [9.17, 15) is 4.79 Å². The van der Waals surface area contributed by atoms with E-state index in [4.69, 9.17) is 4.74 Å². The first-order valence-electron chi connectivity index (χ1n) is 4.09. The van der Waals surface area contributed by atoms with Crippen LogP contribution >= 0.6 is 0 Å². The lowest BCUT2D eigenvalue weighted by molar-refractivity contribution is -0.137. The Kier molecular flexibility index (Phi) is 6.41. The molecule has 0 aliphatic rings. The summed E-state index contributed by atoms with van der Waals surface area (Å²) in [6.07, 6.45) is 2.77. The average molecular weight is 182 g/mol. The molecule has 0 heterocycles. The van der Waals surface area contributed by atoms with Gasteiger partial charge in [0.05, 0.1) is 12.2 Å². The quantitative estimate of drug-likeness (QED) is 0.364. The highest BCUT2D eigenvalue weighted by Crippen LogP contribution is 1.95. The van der Waals surface area contributed by atoms with Crippen LogP contribution in [0.5, 0.6) is 0 Å². The molecule has 0 aromatic rings. The largest absolute Gasteiger partial charge is 0.462 e. The van der Waals surface area contributed by atoms with Crippen LogP contribution in [0.3, 0.4) is 0 Å². The summed E-state index contributed by atoms with van der Waals surface area (Å²) >= 11 is 0. The first kappa shape index (κ1) is 11.6. The zero-order chi connectivity index (χ0) is 10.1. The number of nitrogens with zero attached hydrogens (tertiary/aromatic N) is 2. The number of esters is 1. The van der Waals surface area contributed by atoms with Crippen molar-refractivity contribution in [3.8, 4) is 0 Å². The van der Waals surface area contributed by atoms with E-state index in [1.54, 1.807) is 6.92 Å². The Morgan fingerprint density at radius 3 is 2.69 bits per heavy atom. The van der Waals surface area contributed by atoms with Crippen LogP contribution in [0, 0.1) is 0 Å². The molecule has 0 atom stereocenters. The molecule has 0 saturated heterocycles. The van der Waals surface area contributed by atoms with Gasteiger partial charge in [-0.1, -0.05) is 0 Å². The molecule has 0 aromatic heterocycles. The highest BCUT2D eigenvalue weighted by atomic mass is 16.5. The van der Waals surface area contributed by atoms with Gasteiger partial charge in [0.1, 0.15) is 0 Å². The molecule has 4 nitrogen and oxygen atoms in total. The maximum Gasteiger partial charge on any atom is 0.341 e. The van der Waals surface area contributed by atoms with E-state index in [0.717, 1.165) is 0 Å². The van der Waals surface area contributed by atoms with Gasteiger partial charge in [0.25, 0.3) is 0 Å². The zero-order valence-electron chi connectivity index (χ0n) is 7.99. The predicted octanol–water partition coefficient (Wildman–Crippen LogP) is 1.22. The van der Waals surface area contributed by atoms with Crippen LogP contribution in [-0.2, 0) is 9.53 Å². The molecule has 0 aliphatic heterocycles. The van der Waals surface area contributed by atoms with Crippen molar-refractivity contribution < 1.29 is 9.53 Å². The zero-order valence-corrected chi connectivity index (χ0v) is 7.99. The van der Waals surface area contributed by atoms with Gasteiger partial charge < -0.3 is 4.74 Å². The second-order valence-electron chi connectivity index (χ2n) is 2.12. The van der Waals surface area contributed by atoms with E-state index >= 15 is 0 Å². The Labute approximate surface area is 78.0 Å². The first-order chi connectivity index (χ1) is 6.26. The van der Waals surface area contributed by atoms with Crippen LogP contribution in [-0.4, -0.2) is 32.1 Å². The summed E-state index contributed by atoms with van der Waals surface area (Å²) in [4.78, 5) is 18.6. The number of rotatable bonds is 5. The topological polar surface area (TPSA) is 51.0 Å². The fourth-order valence-electron chi connectivity index (χ4n) is 0.641.